The average Bonchev–Trinajstić information content (AvgIpc) is 2.45. The Morgan fingerprint density at radius 2 is 2.00 bits per heavy atom. The second-order valence-electron chi connectivity index (χ2n) is 6.31. The molecule has 0 saturated carbocycles. The molecule has 1 aromatic rings. The largest absolute Gasteiger partial charge is 0.399 e. The first-order valence-corrected chi connectivity index (χ1v) is 7.92. The summed E-state index contributed by atoms with van der Waals surface area (Å²) in [4.78, 5) is 14.7. The van der Waals surface area contributed by atoms with Crippen LogP contribution in [0.15, 0.2) is 18.2 Å². The van der Waals surface area contributed by atoms with Gasteiger partial charge in [0.15, 0.2) is 0 Å². The zero-order chi connectivity index (χ0) is 15.2. The zero-order valence-electron chi connectivity index (χ0n) is 13.2. The number of hydrogen-bond acceptors (Lipinski definition) is 3. The quantitative estimate of drug-likeness (QED) is 0.819. The first kappa shape index (κ1) is 15.8. The minimum Gasteiger partial charge on any atom is -0.399 e. The van der Waals surface area contributed by atoms with Crippen molar-refractivity contribution in [1.29, 1.82) is 0 Å². The number of carbonyl (C=O) groups excluding carboxylic acids is 1. The van der Waals surface area contributed by atoms with Crippen molar-refractivity contribution in [2.75, 3.05) is 31.9 Å². The van der Waals surface area contributed by atoms with Gasteiger partial charge in [-0.2, -0.15) is 0 Å². The van der Waals surface area contributed by atoms with E-state index in [-0.39, 0.29) is 5.91 Å². The number of nitrogens with two attached hydrogens (primary N) is 1. The van der Waals surface area contributed by atoms with Gasteiger partial charge < -0.3 is 16.0 Å². The Hall–Kier alpha value is -1.55. The normalized spacial score (nSPS) is 17.4. The molecule has 0 bridgehead atoms. The highest BCUT2D eigenvalue weighted by molar-refractivity contribution is 5.95. The second-order valence-corrected chi connectivity index (χ2v) is 6.31. The average molecular weight is 289 g/mol. The Labute approximate surface area is 127 Å². The van der Waals surface area contributed by atoms with Gasteiger partial charge in [-0.3, -0.25) is 4.79 Å². The summed E-state index contributed by atoms with van der Waals surface area (Å²) in [7, 11) is 0. The van der Waals surface area contributed by atoms with E-state index in [1.54, 1.807) is 6.07 Å². The van der Waals surface area contributed by atoms with Crippen LogP contribution >= 0.6 is 0 Å². The summed E-state index contributed by atoms with van der Waals surface area (Å²) >= 11 is 0. The summed E-state index contributed by atoms with van der Waals surface area (Å²) < 4.78 is 0. The smallest absolute Gasteiger partial charge is 0.251 e. The standard InChI is InChI=1S/C17H27N3O/c1-13-8-15(10-16(18)9-13)17(21)19-11-14(2)12-20-6-4-3-5-7-20/h8-10,14H,3-7,11-12,18H2,1-2H3,(H,19,21). The van der Waals surface area contributed by atoms with Crippen molar-refractivity contribution in [2.24, 2.45) is 5.92 Å². The lowest BCUT2D eigenvalue weighted by atomic mass is 10.1. The highest BCUT2D eigenvalue weighted by atomic mass is 16.1. The van der Waals surface area contributed by atoms with Gasteiger partial charge in [0, 0.05) is 24.3 Å². The molecule has 21 heavy (non-hydrogen) atoms. The van der Waals surface area contributed by atoms with Gasteiger partial charge in [-0.25, -0.2) is 0 Å². The van der Waals surface area contributed by atoms with E-state index in [2.05, 4.69) is 17.1 Å². The summed E-state index contributed by atoms with van der Waals surface area (Å²) in [5.41, 5.74) is 8.10. The van der Waals surface area contributed by atoms with Crippen molar-refractivity contribution in [3.05, 3.63) is 29.3 Å². The lowest BCUT2D eigenvalue weighted by molar-refractivity contribution is 0.0942. The number of carbonyl (C=O) groups is 1. The maximum atomic E-state index is 12.2. The number of hydrogen-bond donors (Lipinski definition) is 2. The van der Waals surface area contributed by atoms with E-state index in [0.29, 0.717) is 23.7 Å². The number of nitrogens with zero attached hydrogens (tertiary/aromatic N) is 1. The lowest BCUT2D eigenvalue weighted by Crippen LogP contribution is -2.38. The van der Waals surface area contributed by atoms with E-state index in [9.17, 15) is 4.79 Å². The van der Waals surface area contributed by atoms with Crippen molar-refractivity contribution < 1.29 is 4.79 Å². The van der Waals surface area contributed by atoms with Crippen molar-refractivity contribution in [2.45, 2.75) is 33.1 Å². The van der Waals surface area contributed by atoms with Gasteiger partial charge in [-0.1, -0.05) is 13.3 Å². The number of likely N-dealkylation sites (tertiary alicyclic amines) is 1. The maximum absolute atomic E-state index is 12.2. The van der Waals surface area contributed by atoms with Crippen LogP contribution in [0.2, 0.25) is 0 Å². The Balaban J connectivity index is 1.79. The third kappa shape index (κ3) is 5.05. The summed E-state index contributed by atoms with van der Waals surface area (Å²) in [6.45, 7) is 8.32. The molecule has 0 spiro atoms. The van der Waals surface area contributed by atoms with E-state index in [1.807, 2.05) is 19.1 Å². The molecule has 116 valence electrons. The van der Waals surface area contributed by atoms with Crippen LogP contribution in [-0.2, 0) is 0 Å². The molecule has 0 radical (unpaired) electrons. The molecule has 1 amide bonds. The SMILES string of the molecule is Cc1cc(N)cc(C(=O)NCC(C)CN2CCCCC2)c1. The lowest BCUT2D eigenvalue weighted by Gasteiger charge is -2.29. The van der Waals surface area contributed by atoms with Crippen molar-refractivity contribution in [3.8, 4) is 0 Å². The van der Waals surface area contributed by atoms with Gasteiger partial charge in [0.25, 0.3) is 5.91 Å². The summed E-state index contributed by atoms with van der Waals surface area (Å²) in [6, 6.07) is 5.48. The van der Waals surface area contributed by atoms with Gasteiger partial charge in [0.1, 0.15) is 0 Å². The molecule has 1 saturated heterocycles. The molecule has 4 nitrogen and oxygen atoms in total. The maximum Gasteiger partial charge on any atom is 0.251 e. The van der Waals surface area contributed by atoms with Gasteiger partial charge in [0.2, 0.25) is 0 Å². The minimum atomic E-state index is -0.0316. The third-order valence-corrected chi connectivity index (χ3v) is 3.99. The predicted molar refractivity (Wildman–Crippen MR) is 87.4 cm³/mol. The number of nitrogen functional groups attached to an aromatic ring is 1. The highest BCUT2D eigenvalue weighted by Crippen LogP contribution is 2.12. The monoisotopic (exact) mass is 289 g/mol. The summed E-state index contributed by atoms with van der Waals surface area (Å²) in [6.07, 6.45) is 3.97. The fourth-order valence-corrected chi connectivity index (χ4v) is 2.96. The number of anilines is 1. The van der Waals surface area contributed by atoms with Crippen molar-refractivity contribution in [3.63, 3.8) is 0 Å². The number of rotatable bonds is 5. The van der Waals surface area contributed by atoms with E-state index in [0.717, 1.165) is 12.1 Å². The van der Waals surface area contributed by atoms with Crippen LogP contribution in [0, 0.1) is 12.8 Å². The number of benzene rings is 1. The van der Waals surface area contributed by atoms with E-state index in [4.69, 9.17) is 5.73 Å². The zero-order valence-corrected chi connectivity index (χ0v) is 13.2. The molecule has 0 aromatic heterocycles. The Bertz CT molecular complexity index is 461. The summed E-state index contributed by atoms with van der Waals surface area (Å²) in [5.74, 6) is 0.435. The first-order valence-electron chi connectivity index (χ1n) is 7.92. The number of amides is 1. The van der Waals surface area contributed by atoms with Crippen LogP contribution in [0.25, 0.3) is 0 Å². The molecular formula is C17H27N3O. The van der Waals surface area contributed by atoms with Crippen LogP contribution in [-0.4, -0.2) is 37.0 Å². The molecule has 1 fully saturated rings. The molecule has 1 heterocycles. The van der Waals surface area contributed by atoms with Crippen LogP contribution in [0.4, 0.5) is 5.69 Å². The van der Waals surface area contributed by atoms with Gasteiger partial charge in [-0.05, 0) is 62.5 Å². The minimum absolute atomic E-state index is 0.0316. The summed E-state index contributed by atoms with van der Waals surface area (Å²) in [5, 5.41) is 3.02. The molecule has 1 atom stereocenters. The molecule has 3 N–H and O–H groups in total. The molecule has 2 rings (SSSR count). The van der Waals surface area contributed by atoms with Crippen LogP contribution in [0.5, 0.6) is 0 Å². The number of aryl methyl sites for hydroxylation is 1. The topological polar surface area (TPSA) is 58.4 Å². The Morgan fingerprint density at radius 3 is 2.67 bits per heavy atom. The molecule has 1 aliphatic rings. The van der Waals surface area contributed by atoms with E-state index in [1.165, 1.54) is 32.4 Å². The molecule has 0 aliphatic carbocycles. The third-order valence-electron chi connectivity index (χ3n) is 3.99. The van der Waals surface area contributed by atoms with Gasteiger partial charge in [0.05, 0.1) is 0 Å². The fraction of sp³-hybridized carbons (Fsp3) is 0.588. The van der Waals surface area contributed by atoms with Crippen molar-refractivity contribution in [1.82, 2.24) is 10.2 Å². The Kier molecular flexibility index (Phi) is 5.62. The van der Waals surface area contributed by atoms with Crippen LogP contribution in [0.3, 0.4) is 0 Å². The van der Waals surface area contributed by atoms with Crippen molar-refractivity contribution >= 4 is 11.6 Å². The molecule has 1 unspecified atom stereocenters. The first-order chi connectivity index (χ1) is 10.0. The second kappa shape index (κ2) is 7.46. The molecule has 1 aliphatic heterocycles. The number of nitrogens with one attached hydrogen (secondary N) is 1. The van der Waals surface area contributed by atoms with Gasteiger partial charge in [-0.15, -0.1) is 0 Å². The number of piperidine rings is 1. The van der Waals surface area contributed by atoms with Gasteiger partial charge >= 0.3 is 0 Å². The highest BCUT2D eigenvalue weighted by Gasteiger charge is 2.14. The van der Waals surface area contributed by atoms with Crippen LogP contribution in [0.1, 0.15) is 42.1 Å². The predicted octanol–water partition coefficient (Wildman–Crippen LogP) is 2.43. The fourth-order valence-electron chi connectivity index (χ4n) is 2.96. The molecule has 1 aromatic carbocycles. The Morgan fingerprint density at radius 1 is 1.29 bits per heavy atom. The molecule has 4 heteroatoms. The molecular weight excluding hydrogens is 262 g/mol. The van der Waals surface area contributed by atoms with E-state index < -0.39 is 0 Å². The van der Waals surface area contributed by atoms with E-state index >= 15 is 0 Å². The van der Waals surface area contributed by atoms with Crippen LogP contribution < -0.4 is 11.1 Å².